The maximum absolute atomic E-state index is 5.16. The molecular formula is C49H32N4S. The predicted molar refractivity (Wildman–Crippen MR) is 227 cm³/mol. The van der Waals surface area contributed by atoms with Gasteiger partial charge in [0.25, 0.3) is 0 Å². The van der Waals surface area contributed by atoms with Gasteiger partial charge in [0.15, 0.2) is 17.5 Å². The van der Waals surface area contributed by atoms with E-state index in [9.17, 15) is 0 Å². The van der Waals surface area contributed by atoms with E-state index < -0.39 is 0 Å². The Morgan fingerprint density at radius 1 is 0.352 bits per heavy atom. The number of fused-ring (bicyclic) bond motifs is 4. The van der Waals surface area contributed by atoms with Crippen molar-refractivity contribution in [2.45, 2.75) is 0 Å². The molecule has 5 heteroatoms. The SMILES string of the molecule is c1ccc(-c2ccc(N(c3ccc4ccccc4c3)c3cc(-c4nc(-c5ccccc5)nc(-c5ccccc5)n4)cc4sc5ccccc5c34)cc2)cc1. The quantitative estimate of drug-likeness (QED) is 0.165. The van der Waals surface area contributed by atoms with Gasteiger partial charge in [0.2, 0.25) is 0 Å². The lowest BCUT2D eigenvalue weighted by Gasteiger charge is -2.27. The normalized spacial score (nSPS) is 11.3. The van der Waals surface area contributed by atoms with Gasteiger partial charge in [-0.05, 0) is 64.4 Å². The van der Waals surface area contributed by atoms with E-state index in [1.807, 2.05) is 36.4 Å². The summed E-state index contributed by atoms with van der Waals surface area (Å²) in [4.78, 5) is 17.7. The van der Waals surface area contributed by atoms with Gasteiger partial charge >= 0.3 is 0 Å². The van der Waals surface area contributed by atoms with Crippen molar-refractivity contribution < 1.29 is 0 Å². The molecule has 2 aromatic heterocycles. The van der Waals surface area contributed by atoms with Crippen LogP contribution in [0.25, 0.3) is 76.2 Å². The summed E-state index contributed by atoms with van der Waals surface area (Å²) in [6.07, 6.45) is 0. The highest BCUT2D eigenvalue weighted by molar-refractivity contribution is 7.26. The molecule has 0 saturated heterocycles. The molecule has 10 rings (SSSR count). The van der Waals surface area contributed by atoms with Gasteiger partial charge in [0.05, 0.1) is 5.69 Å². The number of rotatable bonds is 7. The standard InChI is InChI=1S/C49H32N4S/c1-4-14-33(15-5-1)35-24-27-40(28-25-35)53(41-29-26-34-16-10-11-21-38(34)30-41)43-31-39(32-45-46(43)42-22-12-13-23-44(42)54-45)49-51-47(36-17-6-2-7-18-36)50-48(52-49)37-19-8-3-9-20-37/h1-32H. The topological polar surface area (TPSA) is 41.9 Å². The molecule has 8 aromatic carbocycles. The van der Waals surface area contributed by atoms with Crippen LogP contribution in [0.2, 0.25) is 0 Å². The summed E-state index contributed by atoms with van der Waals surface area (Å²) in [6, 6.07) is 68.2. The molecule has 0 spiro atoms. The first kappa shape index (κ1) is 31.8. The largest absolute Gasteiger partial charge is 0.310 e. The van der Waals surface area contributed by atoms with E-state index in [1.165, 1.54) is 42.1 Å². The fraction of sp³-hybridized carbons (Fsp3) is 0. The highest BCUT2D eigenvalue weighted by Gasteiger charge is 2.22. The third-order valence-corrected chi connectivity index (χ3v) is 11.0. The number of hydrogen-bond donors (Lipinski definition) is 0. The molecule has 0 atom stereocenters. The zero-order chi connectivity index (χ0) is 35.8. The van der Waals surface area contributed by atoms with Crippen molar-refractivity contribution in [3.63, 3.8) is 0 Å². The summed E-state index contributed by atoms with van der Waals surface area (Å²) in [5, 5.41) is 4.80. The van der Waals surface area contributed by atoms with Gasteiger partial charge in [-0.2, -0.15) is 0 Å². The Bertz CT molecular complexity index is 2870. The summed E-state index contributed by atoms with van der Waals surface area (Å²) in [7, 11) is 0. The van der Waals surface area contributed by atoms with Gasteiger partial charge in [-0.1, -0.05) is 152 Å². The summed E-state index contributed by atoms with van der Waals surface area (Å²) in [5.41, 5.74) is 8.36. The Balaban J connectivity index is 1.24. The molecule has 2 heterocycles. The van der Waals surface area contributed by atoms with Crippen LogP contribution in [-0.4, -0.2) is 15.0 Å². The second-order valence-electron chi connectivity index (χ2n) is 13.3. The average molecular weight is 709 g/mol. The number of nitrogens with zero attached hydrogens (tertiary/aromatic N) is 4. The van der Waals surface area contributed by atoms with Gasteiger partial charge in [0.1, 0.15) is 0 Å². The Kier molecular flexibility index (Phi) is 7.97. The second-order valence-corrected chi connectivity index (χ2v) is 14.4. The number of benzene rings is 8. The minimum atomic E-state index is 0.626. The first-order valence-corrected chi connectivity index (χ1v) is 18.8. The maximum atomic E-state index is 5.16. The lowest BCUT2D eigenvalue weighted by Crippen LogP contribution is -2.11. The highest BCUT2D eigenvalue weighted by atomic mass is 32.1. The minimum absolute atomic E-state index is 0.626. The van der Waals surface area contributed by atoms with Crippen molar-refractivity contribution in [2.75, 3.05) is 4.90 Å². The van der Waals surface area contributed by atoms with Crippen molar-refractivity contribution >= 4 is 59.3 Å². The van der Waals surface area contributed by atoms with Crippen molar-refractivity contribution in [1.29, 1.82) is 0 Å². The summed E-state index contributed by atoms with van der Waals surface area (Å²) in [6.45, 7) is 0. The zero-order valence-corrected chi connectivity index (χ0v) is 30.0. The molecule has 0 bridgehead atoms. The van der Waals surface area contributed by atoms with E-state index in [4.69, 9.17) is 15.0 Å². The van der Waals surface area contributed by atoms with Crippen molar-refractivity contribution in [3.8, 4) is 45.3 Å². The van der Waals surface area contributed by atoms with E-state index in [-0.39, 0.29) is 0 Å². The average Bonchev–Trinajstić information content (AvgIpc) is 3.63. The monoisotopic (exact) mass is 708 g/mol. The number of anilines is 3. The third-order valence-electron chi connectivity index (χ3n) is 9.88. The predicted octanol–water partition coefficient (Wildman–Crippen LogP) is 13.5. The van der Waals surface area contributed by atoms with E-state index in [0.717, 1.165) is 33.8 Å². The molecule has 10 aromatic rings. The Morgan fingerprint density at radius 2 is 0.870 bits per heavy atom. The lowest BCUT2D eigenvalue weighted by molar-refractivity contribution is 1.07. The highest BCUT2D eigenvalue weighted by Crippen LogP contribution is 2.47. The maximum Gasteiger partial charge on any atom is 0.164 e. The van der Waals surface area contributed by atoms with Crippen molar-refractivity contribution in [2.24, 2.45) is 0 Å². The molecule has 0 fully saturated rings. The van der Waals surface area contributed by atoms with Gasteiger partial charge in [-0.15, -0.1) is 11.3 Å². The van der Waals surface area contributed by atoms with Gasteiger partial charge in [-0.25, -0.2) is 15.0 Å². The molecule has 0 aliphatic rings. The summed E-state index contributed by atoms with van der Waals surface area (Å²) < 4.78 is 2.40. The van der Waals surface area contributed by atoms with Crippen LogP contribution in [0.5, 0.6) is 0 Å². The van der Waals surface area contributed by atoms with Crippen LogP contribution in [0.3, 0.4) is 0 Å². The summed E-state index contributed by atoms with van der Waals surface area (Å²) >= 11 is 1.80. The molecule has 0 aliphatic heterocycles. The molecule has 54 heavy (non-hydrogen) atoms. The summed E-state index contributed by atoms with van der Waals surface area (Å²) in [5.74, 6) is 1.90. The number of hydrogen-bond acceptors (Lipinski definition) is 5. The van der Waals surface area contributed by atoms with Crippen LogP contribution < -0.4 is 4.90 Å². The first-order chi connectivity index (χ1) is 26.7. The molecule has 0 amide bonds. The van der Waals surface area contributed by atoms with Crippen LogP contribution in [0.1, 0.15) is 0 Å². The number of thiophene rings is 1. The third kappa shape index (κ3) is 5.87. The van der Waals surface area contributed by atoms with Crippen molar-refractivity contribution in [3.05, 3.63) is 194 Å². The van der Waals surface area contributed by atoms with Crippen molar-refractivity contribution in [1.82, 2.24) is 15.0 Å². The Labute approximate surface area is 317 Å². The van der Waals surface area contributed by atoms with Crippen LogP contribution in [0, 0.1) is 0 Å². The Hall–Kier alpha value is -6.95. The first-order valence-electron chi connectivity index (χ1n) is 18.0. The fourth-order valence-electron chi connectivity index (χ4n) is 7.25. The van der Waals surface area contributed by atoms with E-state index in [1.54, 1.807) is 11.3 Å². The second kappa shape index (κ2) is 13.6. The van der Waals surface area contributed by atoms with Crippen LogP contribution in [-0.2, 0) is 0 Å². The molecule has 254 valence electrons. The molecule has 0 unspecified atom stereocenters. The molecular weight excluding hydrogens is 677 g/mol. The van der Waals surface area contributed by atoms with Gasteiger partial charge in [0, 0.05) is 48.2 Å². The smallest absolute Gasteiger partial charge is 0.164 e. The zero-order valence-electron chi connectivity index (χ0n) is 29.2. The van der Waals surface area contributed by atoms with E-state index in [2.05, 4.69) is 163 Å². The Morgan fingerprint density at radius 3 is 1.54 bits per heavy atom. The fourth-order valence-corrected chi connectivity index (χ4v) is 8.42. The van der Waals surface area contributed by atoms with Gasteiger partial charge in [-0.3, -0.25) is 0 Å². The minimum Gasteiger partial charge on any atom is -0.310 e. The molecule has 4 nitrogen and oxygen atoms in total. The van der Waals surface area contributed by atoms with Crippen LogP contribution >= 0.6 is 11.3 Å². The van der Waals surface area contributed by atoms with Crippen LogP contribution in [0.4, 0.5) is 17.1 Å². The van der Waals surface area contributed by atoms with Gasteiger partial charge < -0.3 is 4.90 Å². The molecule has 0 saturated carbocycles. The van der Waals surface area contributed by atoms with E-state index >= 15 is 0 Å². The molecule has 0 N–H and O–H groups in total. The molecule has 0 aliphatic carbocycles. The molecule has 0 radical (unpaired) electrons. The lowest BCUT2D eigenvalue weighted by atomic mass is 10.0. The number of aromatic nitrogens is 3. The van der Waals surface area contributed by atoms with E-state index in [0.29, 0.717) is 17.5 Å². The van der Waals surface area contributed by atoms with Crippen LogP contribution in [0.15, 0.2) is 194 Å².